The lowest BCUT2D eigenvalue weighted by atomic mass is 10.1. The van der Waals surface area contributed by atoms with Crippen LogP contribution in [-0.4, -0.2) is 37.9 Å². The van der Waals surface area contributed by atoms with E-state index >= 15 is 0 Å². The number of fused-ring (bicyclic) bond motifs is 3. The Morgan fingerprint density at radius 2 is 2.11 bits per heavy atom. The number of aliphatic hydroxyl groups is 1. The van der Waals surface area contributed by atoms with Crippen LogP contribution in [0.25, 0.3) is 33.3 Å². The van der Waals surface area contributed by atoms with Gasteiger partial charge >= 0.3 is 0 Å². The van der Waals surface area contributed by atoms with Crippen molar-refractivity contribution in [2.45, 2.75) is 6.54 Å². The highest BCUT2D eigenvalue weighted by Crippen LogP contribution is 2.34. The number of benzene rings is 1. The Hall–Kier alpha value is -3.44. The summed E-state index contributed by atoms with van der Waals surface area (Å²) in [6.07, 6.45) is 1.71. The minimum absolute atomic E-state index is 0.100. The first-order chi connectivity index (χ1) is 13.1. The Morgan fingerprint density at radius 1 is 1.30 bits per heavy atom. The number of hydrogen-bond acceptors (Lipinski definition) is 5. The number of nitrogens with one attached hydrogen (secondary N) is 1. The third kappa shape index (κ3) is 2.60. The highest BCUT2D eigenvalue weighted by atomic mass is 19.1. The van der Waals surface area contributed by atoms with Crippen LogP contribution in [0.2, 0.25) is 0 Å². The molecule has 27 heavy (non-hydrogen) atoms. The first kappa shape index (κ1) is 17.0. The van der Waals surface area contributed by atoms with Crippen LogP contribution in [0, 0.1) is 17.1 Å². The van der Waals surface area contributed by atoms with E-state index < -0.39 is 5.82 Å². The average molecular weight is 364 g/mol. The van der Waals surface area contributed by atoms with Gasteiger partial charge in [-0.05, 0) is 24.3 Å². The van der Waals surface area contributed by atoms with Crippen LogP contribution in [0.15, 0.2) is 30.6 Å². The second-order valence-corrected chi connectivity index (χ2v) is 6.25. The van der Waals surface area contributed by atoms with Gasteiger partial charge in [0.05, 0.1) is 35.8 Å². The van der Waals surface area contributed by atoms with Crippen LogP contribution in [0.1, 0.15) is 5.56 Å². The van der Waals surface area contributed by atoms with Crippen molar-refractivity contribution in [2.75, 3.05) is 19.0 Å². The molecule has 3 heterocycles. The first-order valence-corrected chi connectivity index (χ1v) is 8.41. The standard InChI is InChI=1S/C19H17FN6O/c1-22-18-16-17(25(2)10-23-16)14-8-15(26(3-4-27)19(14)24-18)12-5-11(9-21)6-13(20)7-12/h5-8,10,27H,3-4H2,1-2H3,(H,22,24). The van der Waals surface area contributed by atoms with E-state index in [1.165, 1.54) is 12.1 Å². The van der Waals surface area contributed by atoms with E-state index in [4.69, 9.17) is 5.26 Å². The zero-order chi connectivity index (χ0) is 19.1. The second-order valence-electron chi connectivity index (χ2n) is 6.25. The van der Waals surface area contributed by atoms with Crippen LogP contribution >= 0.6 is 0 Å². The molecule has 0 saturated heterocycles. The van der Waals surface area contributed by atoms with E-state index in [0.717, 1.165) is 16.4 Å². The van der Waals surface area contributed by atoms with E-state index in [2.05, 4.69) is 15.3 Å². The molecule has 0 unspecified atom stereocenters. The molecular formula is C19H17FN6O. The second kappa shape index (κ2) is 6.37. The van der Waals surface area contributed by atoms with Crippen LogP contribution in [0.3, 0.4) is 0 Å². The fraction of sp³-hybridized carbons (Fsp3) is 0.211. The molecule has 2 N–H and O–H groups in total. The number of aromatic nitrogens is 4. The third-order valence-electron chi connectivity index (χ3n) is 4.59. The van der Waals surface area contributed by atoms with Gasteiger partial charge < -0.3 is 19.6 Å². The van der Waals surface area contributed by atoms with Gasteiger partial charge in [0.2, 0.25) is 0 Å². The lowest BCUT2D eigenvalue weighted by Crippen LogP contribution is -2.06. The Balaban J connectivity index is 2.11. The summed E-state index contributed by atoms with van der Waals surface area (Å²) < 4.78 is 17.7. The highest BCUT2D eigenvalue weighted by molar-refractivity contribution is 6.07. The Labute approximate surface area is 154 Å². The van der Waals surface area contributed by atoms with Crippen LogP contribution in [0.4, 0.5) is 10.2 Å². The van der Waals surface area contributed by atoms with Gasteiger partial charge in [0, 0.05) is 31.6 Å². The van der Waals surface area contributed by atoms with Gasteiger partial charge in [-0.1, -0.05) is 0 Å². The number of aliphatic hydroxyl groups excluding tert-OH is 1. The molecule has 3 aromatic heterocycles. The van der Waals surface area contributed by atoms with Crippen LogP contribution in [0.5, 0.6) is 0 Å². The minimum atomic E-state index is -0.487. The van der Waals surface area contributed by atoms with Gasteiger partial charge in [0.25, 0.3) is 0 Å². The Morgan fingerprint density at radius 3 is 2.81 bits per heavy atom. The van der Waals surface area contributed by atoms with Crippen LogP contribution in [-0.2, 0) is 13.6 Å². The van der Waals surface area contributed by atoms with Gasteiger partial charge in [-0.3, -0.25) is 0 Å². The fourth-order valence-electron chi connectivity index (χ4n) is 3.46. The monoisotopic (exact) mass is 364 g/mol. The zero-order valence-corrected chi connectivity index (χ0v) is 14.9. The molecular weight excluding hydrogens is 347 g/mol. The molecule has 8 heteroatoms. The summed E-state index contributed by atoms with van der Waals surface area (Å²) >= 11 is 0. The Kier molecular flexibility index (Phi) is 4.01. The van der Waals surface area contributed by atoms with Crippen molar-refractivity contribution in [1.82, 2.24) is 19.1 Å². The molecule has 7 nitrogen and oxygen atoms in total. The SMILES string of the molecule is CNc1nc2c(cc(-c3cc(F)cc(C#N)c3)n2CCO)c2c1ncn2C. The lowest BCUT2D eigenvalue weighted by molar-refractivity contribution is 0.278. The number of halogens is 1. The number of hydrogen-bond donors (Lipinski definition) is 2. The number of nitrogens with zero attached hydrogens (tertiary/aromatic N) is 5. The van der Waals surface area contributed by atoms with Gasteiger partial charge in [-0.15, -0.1) is 0 Å². The van der Waals surface area contributed by atoms with Crippen molar-refractivity contribution in [3.63, 3.8) is 0 Å². The van der Waals surface area contributed by atoms with E-state index in [9.17, 15) is 9.50 Å². The maximum atomic E-state index is 14.0. The first-order valence-electron chi connectivity index (χ1n) is 8.41. The lowest BCUT2D eigenvalue weighted by Gasteiger charge is -2.10. The van der Waals surface area contributed by atoms with E-state index in [0.29, 0.717) is 22.7 Å². The van der Waals surface area contributed by atoms with Gasteiger partial charge in [-0.2, -0.15) is 5.26 Å². The van der Waals surface area contributed by atoms with Crippen molar-refractivity contribution in [3.05, 3.63) is 42.0 Å². The molecule has 0 aliphatic carbocycles. The van der Waals surface area contributed by atoms with E-state index in [-0.39, 0.29) is 18.7 Å². The molecule has 0 aliphatic heterocycles. The summed E-state index contributed by atoms with van der Waals surface area (Å²) in [6, 6.07) is 8.08. The molecule has 0 bridgehead atoms. The maximum absolute atomic E-state index is 14.0. The average Bonchev–Trinajstić information content (AvgIpc) is 3.22. The number of imidazole rings is 1. The zero-order valence-electron chi connectivity index (χ0n) is 14.9. The summed E-state index contributed by atoms with van der Waals surface area (Å²) in [5, 5.41) is 22.6. The maximum Gasteiger partial charge on any atom is 0.156 e. The van der Waals surface area contributed by atoms with Gasteiger partial charge in [-0.25, -0.2) is 14.4 Å². The number of pyridine rings is 1. The van der Waals surface area contributed by atoms with Crippen molar-refractivity contribution < 1.29 is 9.50 Å². The minimum Gasteiger partial charge on any atom is -0.395 e. The number of nitriles is 1. The molecule has 0 spiro atoms. The van der Waals surface area contributed by atoms with Crippen molar-refractivity contribution in [3.8, 4) is 17.3 Å². The molecule has 1 aromatic carbocycles. The summed E-state index contributed by atoms with van der Waals surface area (Å²) in [6.45, 7) is 0.188. The predicted octanol–water partition coefficient (Wildman–Crippen LogP) is 2.63. The summed E-state index contributed by atoms with van der Waals surface area (Å²) in [4.78, 5) is 9.09. The molecule has 136 valence electrons. The van der Waals surface area contributed by atoms with E-state index in [1.807, 2.05) is 28.3 Å². The van der Waals surface area contributed by atoms with Crippen molar-refractivity contribution >= 4 is 27.9 Å². The smallest absolute Gasteiger partial charge is 0.156 e. The Bertz CT molecular complexity index is 1220. The molecule has 0 saturated carbocycles. The van der Waals surface area contributed by atoms with Crippen molar-refractivity contribution in [1.29, 1.82) is 5.26 Å². The molecule has 0 atom stereocenters. The molecule has 0 radical (unpaired) electrons. The third-order valence-corrected chi connectivity index (χ3v) is 4.59. The number of anilines is 1. The fourth-order valence-corrected chi connectivity index (χ4v) is 3.46. The molecule has 4 aromatic rings. The topological polar surface area (TPSA) is 91.7 Å². The van der Waals surface area contributed by atoms with Crippen LogP contribution < -0.4 is 5.32 Å². The largest absolute Gasteiger partial charge is 0.395 e. The van der Waals surface area contributed by atoms with Gasteiger partial charge in [0.15, 0.2) is 5.82 Å². The van der Waals surface area contributed by atoms with Crippen molar-refractivity contribution in [2.24, 2.45) is 7.05 Å². The van der Waals surface area contributed by atoms with Gasteiger partial charge in [0.1, 0.15) is 17.0 Å². The highest BCUT2D eigenvalue weighted by Gasteiger charge is 2.19. The summed E-state index contributed by atoms with van der Waals surface area (Å²) in [5.74, 6) is 0.137. The normalized spacial score (nSPS) is 11.2. The molecule has 4 rings (SSSR count). The summed E-state index contributed by atoms with van der Waals surface area (Å²) in [5.41, 5.74) is 3.75. The quantitative estimate of drug-likeness (QED) is 0.581. The summed E-state index contributed by atoms with van der Waals surface area (Å²) in [7, 11) is 3.67. The number of rotatable bonds is 4. The molecule has 0 fully saturated rings. The number of aryl methyl sites for hydroxylation is 1. The van der Waals surface area contributed by atoms with E-state index in [1.54, 1.807) is 19.4 Å². The molecule has 0 aliphatic rings. The molecule has 0 amide bonds. The predicted molar refractivity (Wildman–Crippen MR) is 101 cm³/mol.